The van der Waals surface area contributed by atoms with Crippen LogP contribution in [-0.4, -0.2) is 42.8 Å². The van der Waals surface area contributed by atoms with Crippen LogP contribution in [0.3, 0.4) is 0 Å². The molecular weight excluding hydrogens is 216 g/mol. The van der Waals surface area contributed by atoms with Gasteiger partial charge in [0.2, 0.25) is 5.88 Å². The summed E-state index contributed by atoms with van der Waals surface area (Å²) in [5.74, 6) is 2.38. The molecule has 1 N–H and O–H groups in total. The molecule has 0 bridgehead atoms. The summed E-state index contributed by atoms with van der Waals surface area (Å²) in [5.41, 5.74) is 0. The first-order chi connectivity index (χ1) is 8.36. The zero-order valence-electron chi connectivity index (χ0n) is 10.1. The van der Waals surface area contributed by atoms with E-state index < -0.39 is 0 Å². The van der Waals surface area contributed by atoms with Crippen molar-refractivity contribution in [1.29, 1.82) is 0 Å². The SMILES string of the molecule is COc1cc(N2CC3CCCNC3C2)ncn1. The summed E-state index contributed by atoms with van der Waals surface area (Å²) in [4.78, 5) is 10.7. The number of nitrogens with zero attached hydrogens (tertiary/aromatic N) is 3. The van der Waals surface area contributed by atoms with Gasteiger partial charge in [0.15, 0.2) is 0 Å². The minimum absolute atomic E-state index is 0.629. The predicted octanol–water partition coefficient (Wildman–Crippen LogP) is 0.673. The molecule has 2 atom stereocenters. The first kappa shape index (κ1) is 10.8. The number of aromatic nitrogens is 2. The Morgan fingerprint density at radius 2 is 2.35 bits per heavy atom. The topological polar surface area (TPSA) is 50.3 Å². The lowest BCUT2D eigenvalue weighted by Crippen LogP contribution is -2.40. The van der Waals surface area contributed by atoms with Gasteiger partial charge in [-0.3, -0.25) is 0 Å². The van der Waals surface area contributed by atoms with Crippen molar-refractivity contribution in [1.82, 2.24) is 15.3 Å². The molecule has 0 radical (unpaired) electrons. The Kier molecular flexibility index (Phi) is 2.84. The van der Waals surface area contributed by atoms with Crippen molar-refractivity contribution in [2.75, 3.05) is 31.6 Å². The van der Waals surface area contributed by atoms with Crippen LogP contribution in [0, 0.1) is 5.92 Å². The van der Waals surface area contributed by atoms with Gasteiger partial charge >= 0.3 is 0 Å². The summed E-state index contributed by atoms with van der Waals surface area (Å²) in [5, 5.41) is 3.59. The number of rotatable bonds is 2. The predicted molar refractivity (Wildman–Crippen MR) is 65.3 cm³/mol. The molecule has 1 aromatic heterocycles. The van der Waals surface area contributed by atoms with E-state index in [1.165, 1.54) is 12.8 Å². The number of hydrogen-bond donors (Lipinski definition) is 1. The van der Waals surface area contributed by atoms with E-state index in [0.717, 1.165) is 31.4 Å². The van der Waals surface area contributed by atoms with Crippen LogP contribution in [0.25, 0.3) is 0 Å². The summed E-state index contributed by atoms with van der Waals surface area (Å²) in [7, 11) is 1.64. The number of piperidine rings is 1. The molecule has 0 aliphatic carbocycles. The van der Waals surface area contributed by atoms with E-state index in [4.69, 9.17) is 4.74 Å². The van der Waals surface area contributed by atoms with E-state index in [1.807, 2.05) is 6.07 Å². The summed E-state index contributed by atoms with van der Waals surface area (Å²) in [6.45, 7) is 3.30. The van der Waals surface area contributed by atoms with Crippen LogP contribution in [0.15, 0.2) is 12.4 Å². The third-order valence-corrected chi connectivity index (χ3v) is 3.76. The third kappa shape index (κ3) is 2.07. The summed E-state index contributed by atoms with van der Waals surface area (Å²) in [6, 6.07) is 2.54. The molecular formula is C12H18N4O. The minimum Gasteiger partial charge on any atom is -0.481 e. The molecule has 17 heavy (non-hydrogen) atoms. The number of nitrogens with one attached hydrogen (secondary N) is 1. The highest BCUT2D eigenvalue weighted by Gasteiger charge is 2.34. The lowest BCUT2D eigenvalue weighted by molar-refractivity contribution is 0.340. The molecule has 0 amide bonds. The molecule has 92 valence electrons. The largest absolute Gasteiger partial charge is 0.481 e. The smallest absolute Gasteiger partial charge is 0.218 e. The van der Waals surface area contributed by atoms with Crippen LogP contribution in [0.5, 0.6) is 5.88 Å². The van der Waals surface area contributed by atoms with E-state index in [9.17, 15) is 0 Å². The summed E-state index contributed by atoms with van der Waals surface area (Å²) < 4.78 is 5.14. The zero-order valence-corrected chi connectivity index (χ0v) is 10.1. The average Bonchev–Trinajstić information content (AvgIpc) is 2.82. The fraction of sp³-hybridized carbons (Fsp3) is 0.667. The summed E-state index contributed by atoms with van der Waals surface area (Å²) >= 11 is 0. The standard InChI is InChI=1S/C12H18N4O/c1-17-12-5-11(14-8-15-12)16-6-9-3-2-4-13-10(9)7-16/h5,8-10,13H,2-4,6-7H2,1H3. The monoisotopic (exact) mass is 234 g/mol. The van der Waals surface area contributed by atoms with Crippen molar-refractivity contribution < 1.29 is 4.74 Å². The third-order valence-electron chi connectivity index (χ3n) is 3.76. The highest BCUT2D eigenvalue weighted by molar-refractivity contribution is 5.42. The molecule has 5 nitrogen and oxygen atoms in total. The van der Waals surface area contributed by atoms with Crippen molar-refractivity contribution in [2.45, 2.75) is 18.9 Å². The van der Waals surface area contributed by atoms with Gasteiger partial charge in [-0.1, -0.05) is 0 Å². The van der Waals surface area contributed by atoms with E-state index in [1.54, 1.807) is 13.4 Å². The lowest BCUT2D eigenvalue weighted by atomic mass is 9.94. The van der Waals surface area contributed by atoms with Crippen LogP contribution < -0.4 is 15.0 Å². The molecule has 2 aliphatic heterocycles. The maximum absolute atomic E-state index is 5.14. The molecule has 2 fully saturated rings. The number of hydrogen-bond acceptors (Lipinski definition) is 5. The first-order valence-electron chi connectivity index (χ1n) is 6.21. The van der Waals surface area contributed by atoms with Gasteiger partial charge in [0.25, 0.3) is 0 Å². The van der Waals surface area contributed by atoms with Gasteiger partial charge in [0.1, 0.15) is 12.1 Å². The maximum Gasteiger partial charge on any atom is 0.218 e. The highest BCUT2D eigenvalue weighted by atomic mass is 16.5. The van der Waals surface area contributed by atoms with Crippen LogP contribution in [0.4, 0.5) is 5.82 Å². The zero-order chi connectivity index (χ0) is 11.7. The minimum atomic E-state index is 0.629. The normalized spacial score (nSPS) is 27.9. The van der Waals surface area contributed by atoms with Crippen molar-refractivity contribution in [3.63, 3.8) is 0 Å². The van der Waals surface area contributed by atoms with Gasteiger partial charge in [0, 0.05) is 25.2 Å². The average molecular weight is 234 g/mol. The molecule has 5 heteroatoms. The Bertz CT molecular complexity index is 384. The van der Waals surface area contributed by atoms with E-state index in [0.29, 0.717) is 11.9 Å². The Hall–Kier alpha value is -1.36. The van der Waals surface area contributed by atoms with Crippen molar-refractivity contribution in [3.05, 3.63) is 12.4 Å². The molecule has 3 rings (SSSR count). The number of fused-ring (bicyclic) bond motifs is 1. The second kappa shape index (κ2) is 4.49. The molecule has 2 aliphatic rings. The fourth-order valence-electron chi connectivity index (χ4n) is 2.85. The van der Waals surface area contributed by atoms with Gasteiger partial charge in [-0.05, 0) is 25.3 Å². The van der Waals surface area contributed by atoms with Gasteiger partial charge in [-0.15, -0.1) is 0 Å². The van der Waals surface area contributed by atoms with Crippen molar-refractivity contribution >= 4 is 5.82 Å². The van der Waals surface area contributed by atoms with Crippen LogP contribution in [0.1, 0.15) is 12.8 Å². The molecule has 2 unspecified atom stereocenters. The Morgan fingerprint density at radius 3 is 3.18 bits per heavy atom. The maximum atomic E-state index is 5.14. The van der Waals surface area contributed by atoms with Crippen molar-refractivity contribution in [3.8, 4) is 5.88 Å². The molecule has 2 saturated heterocycles. The van der Waals surface area contributed by atoms with Gasteiger partial charge in [-0.2, -0.15) is 0 Å². The Labute approximate surface area is 101 Å². The molecule has 1 aromatic rings. The van der Waals surface area contributed by atoms with Crippen LogP contribution in [0.2, 0.25) is 0 Å². The van der Waals surface area contributed by atoms with Gasteiger partial charge < -0.3 is 15.0 Å². The lowest BCUT2D eigenvalue weighted by Gasteiger charge is -2.24. The Morgan fingerprint density at radius 1 is 1.41 bits per heavy atom. The quantitative estimate of drug-likeness (QED) is 0.815. The van der Waals surface area contributed by atoms with Gasteiger partial charge in [-0.25, -0.2) is 9.97 Å². The van der Waals surface area contributed by atoms with Gasteiger partial charge in [0.05, 0.1) is 7.11 Å². The Balaban J connectivity index is 1.76. The van der Waals surface area contributed by atoms with Crippen LogP contribution >= 0.6 is 0 Å². The molecule has 0 spiro atoms. The van der Waals surface area contributed by atoms with E-state index >= 15 is 0 Å². The number of ether oxygens (including phenoxy) is 1. The van der Waals surface area contributed by atoms with E-state index in [2.05, 4.69) is 20.2 Å². The first-order valence-corrected chi connectivity index (χ1v) is 6.21. The highest BCUT2D eigenvalue weighted by Crippen LogP contribution is 2.28. The molecule has 0 aromatic carbocycles. The number of methoxy groups -OCH3 is 1. The van der Waals surface area contributed by atoms with Crippen molar-refractivity contribution in [2.24, 2.45) is 5.92 Å². The fourth-order valence-corrected chi connectivity index (χ4v) is 2.85. The second-order valence-electron chi connectivity index (χ2n) is 4.79. The summed E-state index contributed by atoms with van der Waals surface area (Å²) in [6.07, 6.45) is 4.20. The number of anilines is 1. The van der Waals surface area contributed by atoms with E-state index in [-0.39, 0.29) is 0 Å². The molecule has 3 heterocycles. The molecule has 0 saturated carbocycles. The van der Waals surface area contributed by atoms with Crippen LogP contribution in [-0.2, 0) is 0 Å². The second-order valence-corrected chi connectivity index (χ2v) is 4.79.